The number of hydrogen-bond acceptors (Lipinski definition) is 3. The summed E-state index contributed by atoms with van der Waals surface area (Å²) in [5.74, 6) is -0.470. The van der Waals surface area contributed by atoms with Gasteiger partial charge in [0.1, 0.15) is 0 Å². The largest absolute Gasteiger partial charge is 0.326 e. The Morgan fingerprint density at radius 2 is 2.00 bits per heavy atom. The highest BCUT2D eigenvalue weighted by Crippen LogP contribution is 2.28. The standard InChI is InChI=1S/C18H17BrN2O2S/c1-24-16-7-5-15(6-8-16)21-11-12(9-17(21)22)18(23)20-14-4-2-3-13(19)10-14/h2-8,10,12H,9,11H2,1H3,(H,20,23). The van der Waals surface area contributed by atoms with Crippen LogP contribution in [0.5, 0.6) is 0 Å². The zero-order chi connectivity index (χ0) is 17.1. The highest BCUT2D eigenvalue weighted by Gasteiger charge is 2.35. The third-order valence-corrected chi connectivity index (χ3v) is 5.21. The topological polar surface area (TPSA) is 49.4 Å². The van der Waals surface area contributed by atoms with E-state index in [1.54, 1.807) is 16.7 Å². The van der Waals surface area contributed by atoms with Crippen molar-refractivity contribution in [3.8, 4) is 0 Å². The average Bonchev–Trinajstić information content (AvgIpc) is 2.97. The number of carbonyl (C=O) groups excluding carboxylic acids is 2. The highest BCUT2D eigenvalue weighted by atomic mass is 79.9. The first-order valence-electron chi connectivity index (χ1n) is 7.57. The van der Waals surface area contributed by atoms with Crippen LogP contribution in [0.1, 0.15) is 6.42 Å². The summed E-state index contributed by atoms with van der Waals surface area (Å²) in [6.45, 7) is 0.414. The fourth-order valence-electron chi connectivity index (χ4n) is 2.71. The van der Waals surface area contributed by atoms with E-state index < -0.39 is 0 Å². The van der Waals surface area contributed by atoms with Gasteiger partial charge in [0, 0.05) is 33.7 Å². The predicted molar refractivity (Wildman–Crippen MR) is 101 cm³/mol. The van der Waals surface area contributed by atoms with Gasteiger partial charge in [-0.3, -0.25) is 9.59 Å². The molecule has 1 aliphatic heterocycles. The zero-order valence-corrected chi connectivity index (χ0v) is 15.6. The molecule has 2 amide bonds. The Balaban J connectivity index is 1.68. The Labute approximate surface area is 153 Å². The number of hydrogen-bond donors (Lipinski definition) is 1. The zero-order valence-electron chi connectivity index (χ0n) is 13.2. The van der Waals surface area contributed by atoms with E-state index in [0.29, 0.717) is 6.54 Å². The van der Waals surface area contributed by atoms with Crippen molar-refractivity contribution in [1.82, 2.24) is 0 Å². The van der Waals surface area contributed by atoms with Gasteiger partial charge in [-0.2, -0.15) is 0 Å². The number of benzene rings is 2. The van der Waals surface area contributed by atoms with Gasteiger partial charge in [0.2, 0.25) is 11.8 Å². The molecule has 3 rings (SSSR count). The van der Waals surface area contributed by atoms with Crippen LogP contribution in [-0.2, 0) is 9.59 Å². The minimum atomic E-state index is -0.336. The smallest absolute Gasteiger partial charge is 0.229 e. The fraction of sp³-hybridized carbons (Fsp3) is 0.222. The average molecular weight is 405 g/mol. The maximum atomic E-state index is 12.4. The van der Waals surface area contributed by atoms with Crippen LogP contribution in [-0.4, -0.2) is 24.6 Å². The fourth-order valence-corrected chi connectivity index (χ4v) is 3.51. The minimum Gasteiger partial charge on any atom is -0.326 e. The lowest BCUT2D eigenvalue weighted by molar-refractivity contribution is -0.122. The van der Waals surface area contributed by atoms with E-state index in [0.717, 1.165) is 20.7 Å². The van der Waals surface area contributed by atoms with Crippen molar-refractivity contribution in [2.45, 2.75) is 11.3 Å². The molecule has 1 N–H and O–H groups in total. The van der Waals surface area contributed by atoms with Gasteiger partial charge in [-0.15, -0.1) is 11.8 Å². The van der Waals surface area contributed by atoms with Gasteiger partial charge in [-0.05, 0) is 48.7 Å². The number of carbonyl (C=O) groups is 2. The Hall–Kier alpha value is -1.79. The van der Waals surface area contributed by atoms with Gasteiger partial charge < -0.3 is 10.2 Å². The van der Waals surface area contributed by atoms with Gasteiger partial charge in [0.05, 0.1) is 5.92 Å². The molecule has 2 aromatic carbocycles. The van der Waals surface area contributed by atoms with Crippen LogP contribution in [0.15, 0.2) is 57.9 Å². The minimum absolute atomic E-state index is 0.0127. The van der Waals surface area contributed by atoms with Crippen LogP contribution >= 0.6 is 27.7 Å². The number of nitrogens with one attached hydrogen (secondary N) is 1. The Kier molecular flexibility index (Phi) is 5.26. The summed E-state index contributed by atoms with van der Waals surface area (Å²) in [5, 5.41) is 2.88. The second-order valence-corrected chi connectivity index (χ2v) is 7.40. The first-order valence-corrected chi connectivity index (χ1v) is 9.59. The molecule has 24 heavy (non-hydrogen) atoms. The summed E-state index contributed by atoms with van der Waals surface area (Å²) in [6, 6.07) is 15.3. The molecule has 2 aromatic rings. The summed E-state index contributed by atoms with van der Waals surface area (Å²) >= 11 is 5.04. The van der Waals surface area contributed by atoms with E-state index in [1.807, 2.05) is 54.8 Å². The van der Waals surface area contributed by atoms with Crippen molar-refractivity contribution < 1.29 is 9.59 Å². The molecule has 1 aliphatic rings. The van der Waals surface area contributed by atoms with E-state index in [2.05, 4.69) is 21.2 Å². The van der Waals surface area contributed by atoms with Crippen LogP contribution in [0.3, 0.4) is 0 Å². The van der Waals surface area contributed by atoms with Gasteiger partial charge in [-0.25, -0.2) is 0 Å². The lowest BCUT2D eigenvalue weighted by Gasteiger charge is -2.17. The van der Waals surface area contributed by atoms with Crippen molar-refractivity contribution in [3.63, 3.8) is 0 Å². The van der Waals surface area contributed by atoms with Gasteiger partial charge >= 0.3 is 0 Å². The molecule has 0 spiro atoms. The Morgan fingerprint density at radius 3 is 2.67 bits per heavy atom. The van der Waals surface area contributed by atoms with Crippen molar-refractivity contribution >= 4 is 50.9 Å². The van der Waals surface area contributed by atoms with Gasteiger partial charge in [-0.1, -0.05) is 22.0 Å². The third kappa shape index (κ3) is 3.82. The van der Waals surface area contributed by atoms with Crippen molar-refractivity contribution in [2.24, 2.45) is 5.92 Å². The summed E-state index contributed by atoms with van der Waals surface area (Å²) in [7, 11) is 0. The summed E-state index contributed by atoms with van der Waals surface area (Å²) in [5.41, 5.74) is 1.57. The highest BCUT2D eigenvalue weighted by molar-refractivity contribution is 9.10. The third-order valence-electron chi connectivity index (χ3n) is 3.97. The summed E-state index contributed by atoms with van der Waals surface area (Å²) < 4.78 is 0.901. The lowest BCUT2D eigenvalue weighted by atomic mass is 10.1. The first-order chi connectivity index (χ1) is 11.6. The number of amides is 2. The molecule has 0 aromatic heterocycles. The van der Waals surface area contributed by atoms with E-state index in [-0.39, 0.29) is 24.2 Å². The molecule has 0 bridgehead atoms. The summed E-state index contributed by atoms with van der Waals surface area (Å²) in [4.78, 5) is 27.6. The molecular formula is C18H17BrN2O2S. The van der Waals surface area contributed by atoms with Crippen LogP contribution in [0.2, 0.25) is 0 Å². The second kappa shape index (κ2) is 7.40. The molecule has 4 nitrogen and oxygen atoms in total. The van der Waals surface area contributed by atoms with Crippen molar-refractivity contribution in [2.75, 3.05) is 23.0 Å². The van der Waals surface area contributed by atoms with E-state index >= 15 is 0 Å². The van der Waals surface area contributed by atoms with Gasteiger partial charge in [0.25, 0.3) is 0 Å². The normalized spacial score (nSPS) is 17.2. The molecule has 124 valence electrons. The van der Waals surface area contributed by atoms with Crippen LogP contribution < -0.4 is 10.2 Å². The van der Waals surface area contributed by atoms with E-state index in [4.69, 9.17) is 0 Å². The number of anilines is 2. The summed E-state index contributed by atoms with van der Waals surface area (Å²) in [6.07, 6.45) is 2.25. The second-order valence-electron chi connectivity index (χ2n) is 5.60. The molecule has 0 radical (unpaired) electrons. The molecular weight excluding hydrogens is 388 g/mol. The molecule has 0 aliphatic carbocycles. The molecule has 1 saturated heterocycles. The number of thioether (sulfide) groups is 1. The molecule has 1 fully saturated rings. The van der Waals surface area contributed by atoms with Crippen molar-refractivity contribution in [3.05, 3.63) is 53.0 Å². The van der Waals surface area contributed by atoms with Crippen molar-refractivity contribution in [1.29, 1.82) is 0 Å². The number of rotatable bonds is 4. The maximum Gasteiger partial charge on any atom is 0.229 e. The van der Waals surface area contributed by atoms with Crippen LogP contribution in [0.25, 0.3) is 0 Å². The number of halogens is 1. The maximum absolute atomic E-state index is 12.4. The number of nitrogens with zero attached hydrogens (tertiary/aromatic N) is 1. The molecule has 1 unspecified atom stereocenters. The first kappa shape index (κ1) is 17.0. The predicted octanol–water partition coefficient (Wildman–Crippen LogP) is 4.16. The molecule has 1 heterocycles. The molecule has 6 heteroatoms. The lowest BCUT2D eigenvalue weighted by Crippen LogP contribution is -2.28. The molecule has 1 atom stereocenters. The van der Waals surface area contributed by atoms with Crippen LogP contribution in [0, 0.1) is 5.92 Å². The van der Waals surface area contributed by atoms with Crippen LogP contribution in [0.4, 0.5) is 11.4 Å². The van der Waals surface area contributed by atoms with Gasteiger partial charge in [0.15, 0.2) is 0 Å². The van der Waals surface area contributed by atoms with E-state index in [9.17, 15) is 9.59 Å². The Morgan fingerprint density at radius 1 is 1.25 bits per heavy atom. The monoisotopic (exact) mass is 404 g/mol. The SMILES string of the molecule is CSc1ccc(N2CC(C(=O)Nc3cccc(Br)c3)CC2=O)cc1. The quantitative estimate of drug-likeness (QED) is 0.778. The Bertz CT molecular complexity index is 764. The van der Waals surface area contributed by atoms with E-state index in [1.165, 1.54) is 0 Å². The molecule has 0 saturated carbocycles.